The lowest BCUT2D eigenvalue weighted by molar-refractivity contribution is 0.462. The number of rotatable bonds is 7. The van der Waals surface area contributed by atoms with Gasteiger partial charge in [0.1, 0.15) is 0 Å². The van der Waals surface area contributed by atoms with Crippen LogP contribution < -0.4 is 10.5 Å². The third kappa shape index (κ3) is 5.20. The molecule has 4 nitrogen and oxygen atoms in total. The van der Waals surface area contributed by atoms with Crippen LogP contribution in [0, 0.1) is 5.92 Å². The van der Waals surface area contributed by atoms with Crippen molar-refractivity contribution in [1.82, 2.24) is 0 Å². The Morgan fingerprint density at radius 2 is 1.95 bits per heavy atom. The van der Waals surface area contributed by atoms with Crippen molar-refractivity contribution in [1.29, 1.82) is 0 Å². The van der Waals surface area contributed by atoms with Gasteiger partial charge in [-0.3, -0.25) is 0 Å². The number of nitrogens with one attached hydrogen (secondary N) is 1. The Balaban J connectivity index is 2.80. The van der Waals surface area contributed by atoms with Gasteiger partial charge in [-0.2, -0.15) is 0 Å². The Morgan fingerprint density at radius 3 is 2.47 bits per heavy atom. The molecule has 0 amide bonds. The molecular formula is C14H24N2O2S. The molecule has 0 heterocycles. The Kier molecular flexibility index (Phi) is 5.82. The second-order valence-electron chi connectivity index (χ2n) is 5.07. The summed E-state index contributed by atoms with van der Waals surface area (Å²) in [5, 5.41) is 8.52. The molecule has 19 heavy (non-hydrogen) atoms. The minimum atomic E-state index is -3.64. The molecule has 5 heteroatoms. The highest BCUT2D eigenvalue weighted by Gasteiger charge is 2.12. The number of hydrogen-bond acceptors (Lipinski definition) is 3. The van der Waals surface area contributed by atoms with Gasteiger partial charge in [0.05, 0.1) is 4.90 Å². The standard InChI is InChI=1S/C14H24N2O2S/c1-4-11(3)9-12(5-2)16-13-7-6-8-14(10-13)19(15,17)18/h6-8,10-12,16H,4-5,9H2,1-3H3,(H2,15,17,18). The molecule has 0 spiro atoms. The van der Waals surface area contributed by atoms with Crippen molar-refractivity contribution in [2.45, 2.75) is 51.0 Å². The topological polar surface area (TPSA) is 72.2 Å². The van der Waals surface area contributed by atoms with E-state index >= 15 is 0 Å². The Labute approximate surface area is 116 Å². The van der Waals surface area contributed by atoms with Gasteiger partial charge in [0, 0.05) is 11.7 Å². The van der Waals surface area contributed by atoms with Gasteiger partial charge >= 0.3 is 0 Å². The van der Waals surface area contributed by atoms with Crippen molar-refractivity contribution >= 4 is 15.7 Å². The van der Waals surface area contributed by atoms with Crippen LogP contribution in [0.2, 0.25) is 0 Å². The summed E-state index contributed by atoms with van der Waals surface area (Å²) in [6.07, 6.45) is 3.23. The molecule has 0 aliphatic carbocycles. The molecule has 0 aliphatic rings. The highest BCUT2D eigenvalue weighted by Crippen LogP contribution is 2.19. The zero-order valence-electron chi connectivity index (χ0n) is 11.9. The lowest BCUT2D eigenvalue weighted by atomic mass is 9.97. The largest absolute Gasteiger partial charge is 0.382 e. The van der Waals surface area contributed by atoms with Gasteiger partial charge in [0.2, 0.25) is 10.0 Å². The summed E-state index contributed by atoms with van der Waals surface area (Å²) in [4.78, 5) is 0.149. The molecule has 1 rings (SSSR count). The maximum atomic E-state index is 11.3. The smallest absolute Gasteiger partial charge is 0.238 e. The molecule has 0 fully saturated rings. The van der Waals surface area contributed by atoms with Crippen LogP contribution in [0.25, 0.3) is 0 Å². The molecule has 2 unspecified atom stereocenters. The zero-order valence-corrected chi connectivity index (χ0v) is 12.7. The fraction of sp³-hybridized carbons (Fsp3) is 0.571. The van der Waals surface area contributed by atoms with Crippen LogP contribution in [0.1, 0.15) is 40.0 Å². The molecule has 0 aromatic heterocycles. The number of sulfonamides is 1. The summed E-state index contributed by atoms with van der Waals surface area (Å²) >= 11 is 0. The van der Waals surface area contributed by atoms with Crippen molar-refractivity contribution in [3.8, 4) is 0 Å². The Bertz CT molecular complexity index is 500. The fourth-order valence-electron chi connectivity index (χ4n) is 1.98. The van der Waals surface area contributed by atoms with Crippen LogP contribution >= 0.6 is 0 Å². The van der Waals surface area contributed by atoms with Gasteiger partial charge in [0.15, 0.2) is 0 Å². The van der Waals surface area contributed by atoms with Crippen molar-refractivity contribution in [3.63, 3.8) is 0 Å². The van der Waals surface area contributed by atoms with Crippen LogP contribution in [0.15, 0.2) is 29.2 Å². The number of anilines is 1. The van der Waals surface area contributed by atoms with E-state index in [0.29, 0.717) is 12.0 Å². The average Bonchev–Trinajstić information content (AvgIpc) is 2.37. The van der Waals surface area contributed by atoms with Crippen LogP contribution in [0.4, 0.5) is 5.69 Å². The van der Waals surface area contributed by atoms with Gasteiger partial charge in [-0.05, 0) is 37.0 Å². The molecule has 0 bridgehead atoms. The minimum Gasteiger partial charge on any atom is -0.382 e. The van der Waals surface area contributed by atoms with E-state index in [0.717, 1.165) is 24.9 Å². The first-order chi connectivity index (χ1) is 8.86. The Morgan fingerprint density at radius 1 is 1.26 bits per heavy atom. The molecule has 3 N–H and O–H groups in total. The van der Waals surface area contributed by atoms with E-state index in [-0.39, 0.29) is 4.90 Å². The van der Waals surface area contributed by atoms with Gasteiger partial charge in [-0.25, -0.2) is 13.6 Å². The summed E-state index contributed by atoms with van der Waals surface area (Å²) in [6, 6.07) is 7.03. The molecule has 0 saturated carbocycles. The quantitative estimate of drug-likeness (QED) is 0.808. The van der Waals surface area contributed by atoms with Crippen LogP contribution in [0.3, 0.4) is 0 Å². The number of hydrogen-bond donors (Lipinski definition) is 2. The number of nitrogens with two attached hydrogens (primary N) is 1. The van der Waals surface area contributed by atoms with E-state index in [4.69, 9.17) is 5.14 Å². The molecule has 108 valence electrons. The van der Waals surface area contributed by atoms with Gasteiger partial charge in [0.25, 0.3) is 0 Å². The molecule has 0 aliphatic heterocycles. The second-order valence-corrected chi connectivity index (χ2v) is 6.63. The van der Waals surface area contributed by atoms with Gasteiger partial charge in [-0.15, -0.1) is 0 Å². The van der Waals surface area contributed by atoms with E-state index in [2.05, 4.69) is 26.1 Å². The summed E-state index contributed by atoms with van der Waals surface area (Å²) in [5.74, 6) is 0.652. The molecule has 1 aromatic rings. The first kappa shape index (κ1) is 16.0. The van der Waals surface area contributed by atoms with Crippen molar-refractivity contribution < 1.29 is 8.42 Å². The lowest BCUT2D eigenvalue weighted by Crippen LogP contribution is -2.21. The predicted molar refractivity (Wildman–Crippen MR) is 79.6 cm³/mol. The number of benzene rings is 1. The zero-order chi connectivity index (χ0) is 14.5. The number of primary sulfonamides is 1. The summed E-state index contributed by atoms with van der Waals surface area (Å²) < 4.78 is 22.6. The van der Waals surface area contributed by atoms with Gasteiger partial charge in [-0.1, -0.05) is 33.3 Å². The Hall–Kier alpha value is -1.07. The molecule has 0 saturated heterocycles. The third-order valence-electron chi connectivity index (χ3n) is 3.41. The monoisotopic (exact) mass is 284 g/mol. The molecule has 1 aromatic carbocycles. The maximum Gasteiger partial charge on any atom is 0.238 e. The SMILES string of the molecule is CCC(C)CC(CC)Nc1cccc(S(N)(=O)=O)c1. The van der Waals surface area contributed by atoms with E-state index in [1.807, 2.05) is 6.07 Å². The van der Waals surface area contributed by atoms with Crippen molar-refractivity contribution in [2.75, 3.05) is 5.32 Å². The minimum absolute atomic E-state index is 0.149. The van der Waals surface area contributed by atoms with E-state index in [1.54, 1.807) is 12.1 Å². The highest BCUT2D eigenvalue weighted by molar-refractivity contribution is 7.89. The van der Waals surface area contributed by atoms with E-state index < -0.39 is 10.0 Å². The highest BCUT2D eigenvalue weighted by atomic mass is 32.2. The third-order valence-corrected chi connectivity index (χ3v) is 4.32. The summed E-state index contributed by atoms with van der Waals surface area (Å²) in [7, 11) is -3.64. The normalized spacial score (nSPS) is 14.9. The second kappa shape index (κ2) is 6.91. The van der Waals surface area contributed by atoms with Crippen LogP contribution in [-0.4, -0.2) is 14.5 Å². The average molecular weight is 284 g/mol. The van der Waals surface area contributed by atoms with Crippen molar-refractivity contribution in [3.05, 3.63) is 24.3 Å². The molecule has 0 radical (unpaired) electrons. The first-order valence-corrected chi connectivity index (χ1v) is 8.30. The summed E-state index contributed by atoms with van der Waals surface area (Å²) in [6.45, 7) is 6.54. The fourth-order valence-corrected chi connectivity index (χ4v) is 2.54. The first-order valence-electron chi connectivity index (χ1n) is 6.76. The van der Waals surface area contributed by atoms with Crippen LogP contribution in [-0.2, 0) is 10.0 Å². The van der Waals surface area contributed by atoms with Crippen molar-refractivity contribution in [2.24, 2.45) is 11.1 Å². The van der Waals surface area contributed by atoms with Gasteiger partial charge < -0.3 is 5.32 Å². The van der Waals surface area contributed by atoms with E-state index in [9.17, 15) is 8.42 Å². The molecular weight excluding hydrogens is 260 g/mol. The maximum absolute atomic E-state index is 11.3. The van der Waals surface area contributed by atoms with Crippen LogP contribution in [0.5, 0.6) is 0 Å². The lowest BCUT2D eigenvalue weighted by Gasteiger charge is -2.21. The van der Waals surface area contributed by atoms with E-state index in [1.165, 1.54) is 6.07 Å². The predicted octanol–water partition coefficient (Wildman–Crippen LogP) is 2.96. The summed E-state index contributed by atoms with van der Waals surface area (Å²) in [5.41, 5.74) is 0.807. The molecule has 2 atom stereocenters.